The number of ether oxygens (including phenoxy) is 2. The van der Waals surface area contributed by atoms with Crippen LogP contribution in [0.4, 0.5) is 26.3 Å². The predicted octanol–water partition coefficient (Wildman–Crippen LogP) is 4.71. The van der Waals surface area contributed by atoms with Crippen LogP contribution in [0.15, 0.2) is 40.7 Å². The van der Waals surface area contributed by atoms with E-state index in [1.165, 1.54) is 6.07 Å². The molecule has 150 valence electrons. The molecule has 3 heterocycles. The number of allylic oxidation sites excluding steroid dienone is 2. The summed E-state index contributed by atoms with van der Waals surface area (Å²) in [6.07, 6.45) is -3.22. The normalized spacial score (nSPS) is 23.7. The van der Waals surface area contributed by atoms with Gasteiger partial charge in [-0.1, -0.05) is 6.07 Å². The van der Waals surface area contributed by atoms with Crippen LogP contribution >= 0.6 is 22.6 Å². The maximum Gasteiger partial charge on any atom is 0.417 e. The number of hydrogen-bond donors (Lipinski definition) is 0. The molecule has 1 atom stereocenters. The SMILES string of the molecule is Fc1c(I)ccc2c1OCC[C@@]21CN2C=C(C(F)(F)F)C=C(OC(F)F)C2=N1. The average molecular weight is 516 g/mol. The van der Waals surface area contributed by atoms with E-state index in [-0.39, 0.29) is 31.2 Å². The summed E-state index contributed by atoms with van der Waals surface area (Å²) in [5.41, 5.74) is -1.91. The Morgan fingerprint density at radius 1 is 1.29 bits per heavy atom. The highest BCUT2D eigenvalue weighted by molar-refractivity contribution is 14.1. The maximum absolute atomic E-state index is 14.5. The van der Waals surface area contributed by atoms with Crippen molar-refractivity contribution in [2.24, 2.45) is 4.99 Å². The molecular formula is C17H11F6IN2O2. The second-order valence-electron chi connectivity index (χ2n) is 6.40. The Balaban J connectivity index is 1.82. The van der Waals surface area contributed by atoms with Gasteiger partial charge in [0.1, 0.15) is 5.54 Å². The summed E-state index contributed by atoms with van der Waals surface area (Å²) in [6, 6.07) is 3.10. The first-order chi connectivity index (χ1) is 13.1. The van der Waals surface area contributed by atoms with Crippen LogP contribution in [0.5, 0.6) is 5.75 Å². The fraction of sp³-hybridized carbons (Fsp3) is 0.353. The molecule has 4 nitrogen and oxygen atoms in total. The number of fused-ring (bicyclic) bond motifs is 3. The van der Waals surface area contributed by atoms with Crippen molar-refractivity contribution in [3.8, 4) is 5.75 Å². The van der Waals surface area contributed by atoms with E-state index in [2.05, 4.69) is 9.73 Å². The molecule has 0 aromatic heterocycles. The molecule has 0 amide bonds. The Morgan fingerprint density at radius 3 is 2.71 bits per heavy atom. The Labute approximate surface area is 168 Å². The van der Waals surface area contributed by atoms with E-state index in [0.717, 1.165) is 11.1 Å². The van der Waals surface area contributed by atoms with Gasteiger partial charge in [-0.15, -0.1) is 0 Å². The molecule has 1 aromatic rings. The number of benzene rings is 1. The minimum atomic E-state index is -4.76. The average Bonchev–Trinajstić information content (AvgIpc) is 2.96. The molecule has 3 aliphatic rings. The summed E-state index contributed by atoms with van der Waals surface area (Å²) in [7, 11) is 0. The summed E-state index contributed by atoms with van der Waals surface area (Å²) in [5.74, 6) is -1.45. The highest BCUT2D eigenvalue weighted by Gasteiger charge is 2.49. The van der Waals surface area contributed by atoms with Crippen molar-refractivity contribution in [3.63, 3.8) is 0 Å². The number of hydrogen-bond acceptors (Lipinski definition) is 4. The molecule has 0 saturated heterocycles. The van der Waals surface area contributed by atoms with Crippen LogP contribution in [0.25, 0.3) is 0 Å². The van der Waals surface area contributed by atoms with Gasteiger partial charge in [0.15, 0.2) is 23.2 Å². The molecule has 28 heavy (non-hydrogen) atoms. The van der Waals surface area contributed by atoms with Gasteiger partial charge in [-0.25, -0.2) is 4.39 Å². The highest BCUT2D eigenvalue weighted by Crippen LogP contribution is 2.47. The van der Waals surface area contributed by atoms with Gasteiger partial charge in [0.2, 0.25) is 0 Å². The van der Waals surface area contributed by atoms with Crippen molar-refractivity contribution < 1.29 is 35.8 Å². The Morgan fingerprint density at radius 2 is 2.04 bits per heavy atom. The van der Waals surface area contributed by atoms with E-state index in [1.54, 1.807) is 28.7 Å². The van der Waals surface area contributed by atoms with E-state index < -0.39 is 35.5 Å². The lowest BCUT2D eigenvalue weighted by Crippen LogP contribution is -2.38. The summed E-state index contributed by atoms with van der Waals surface area (Å²) >= 11 is 1.79. The molecule has 0 radical (unpaired) electrons. The Kier molecular flexibility index (Phi) is 4.55. The third-order valence-electron chi connectivity index (χ3n) is 4.68. The Bertz CT molecular complexity index is 927. The molecule has 0 aliphatic carbocycles. The molecule has 1 aromatic carbocycles. The van der Waals surface area contributed by atoms with Crippen LogP contribution < -0.4 is 4.74 Å². The van der Waals surface area contributed by atoms with Crippen LogP contribution in [0.1, 0.15) is 12.0 Å². The van der Waals surface area contributed by atoms with Crippen LogP contribution in [-0.2, 0) is 10.3 Å². The number of aliphatic imine (C=N–C) groups is 1. The molecule has 0 bridgehead atoms. The molecule has 3 aliphatic heterocycles. The zero-order valence-electron chi connectivity index (χ0n) is 13.9. The largest absolute Gasteiger partial charge is 0.490 e. The third-order valence-corrected chi connectivity index (χ3v) is 5.52. The first-order valence-corrected chi connectivity index (χ1v) is 9.12. The molecule has 11 heteroatoms. The van der Waals surface area contributed by atoms with Gasteiger partial charge in [0.05, 0.1) is 22.3 Å². The number of halogens is 7. The fourth-order valence-corrected chi connectivity index (χ4v) is 3.91. The molecular weight excluding hydrogens is 505 g/mol. The smallest absolute Gasteiger partial charge is 0.417 e. The van der Waals surface area contributed by atoms with Crippen molar-refractivity contribution in [3.05, 3.63) is 50.7 Å². The minimum absolute atomic E-state index is 0.0253. The second kappa shape index (κ2) is 6.56. The minimum Gasteiger partial charge on any atom is -0.490 e. The molecule has 0 fully saturated rings. The summed E-state index contributed by atoms with van der Waals surface area (Å²) in [5, 5.41) is 0. The van der Waals surface area contributed by atoms with Gasteiger partial charge in [-0.2, -0.15) is 22.0 Å². The summed E-state index contributed by atoms with van der Waals surface area (Å²) in [4.78, 5) is 5.54. The zero-order valence-corrected chi connectivity index (χ0v) is 16.0. The van der Waals surface area contributed by atoms with E-state index >= 15 is 0 Å². The van der Waals surface area contributed by atoms with E-state index in [9.17, 15) is 26.3 Å². The fourth-order valence-electron chi connectivity index (χ4n) is 3.49. The molecule has 1 spiro atoms. The van der Waals surface area contributed by atoms with Gasteiger partial charge in [-0.05, 0) is 34.7 Å². The molecule has 4 rings (SSSR count). The van der Waals surface area contributed by atoms with E-state index in [4.69, 9.17) is 4.74 Å². The summed E-state index contributed by atoms with van der Waals surface area (Å²) in [6.45, 7) is -3.32. The Hall–Kier alpha value is -1.92. The van der Waals surface area contributed by atoms with Gasteiger partial charge in [0.25, 0.3) is 0 Å². The topological polar surface area (TPSA) is 34.1 Å². The summed E-state index contributed by atoms with van der Waals surface area (Å²) < 4.78 is 89.6. The zero-order chi connectivity index (χ0) is 20.3. The van der Waals surface area contributed by atoms with Gasteiger partial charge in [-0.3, -0.25) is 4.99 Å². The lowest BCUT2D eigenvalue weighted by atomic mass is 9.85. The standard InChI is InChI=1S/C17H11F6IN2O2/c18-12-10(24)2-1-9-13(12)27-4-3-16(9)7-26-6-8(17(21,22)23)5-11(14(26)25-16)28-15(19)20/h1-2,5-6,15H,3-4,7H2/t16-/m1/s1. The number of rotatable bonds is 2. The van der Waals surface area contributed by atoms with Crippen molar-refractivity contribution >= 4 is 28.4 Å². The van der Waals surface area contributed by atoms with Gasteiger partial charge in [0, 0.05) is 18.2 Å². The molecule has 0 saturated carbocycles. The maximum atomic E-state index is 14.5. The second-order valence-corrected chi connectivity index (χ2v) is 7.56. The van der Waals surface area contributed by atoms with Gasteiger partial charge >= 0.3 is 12.8 Å². The van der Waals surface area contributed by atoms with Crippen molar-refractivity contribution in [2.45, 2.75) is 24.7 Å². The quantitative estimate of drug-likeness (QED) is 0.422. The first-order valence-electron chi connectivity index (χ1n) is 8.04. The monoisotopic (exact) mass is 516 g/mol. The lowest BCUT2D eigenvalue weighted by Gasteiger charge is -2.34. The highest BCUT2D eigenvalue weighted by atomic mass is 127. The van der Waals surface area contributed by atoms with E-state index in [0.29, 0.717) is 15.2 Å². The lowest BCUT2D eigenvalue weighted by molar-refractivity contribution is -0.0981. The first kappa shape index (κ1) is 19.4. The molecule has 0 unspecified atom stereocenters. The van der Waals surface area contributed by atoms with Crippen LogP contribution in [0.3, 0.4) is 0 Å². The van der Waals surface area contributed by atoms with Crippen LogP contribution in [-0.4, -0.2) is 36.7 Å². The number of alkyl halides is 5. The van der Waals surface area contributed by atoms with E-state index in [1.807, 2.05) is 0 Å². The van der Waals surface area contributed by atoms with Crippen molar-refractivity contribution in [1.29, 1.82) is 0 Å². The molecule has 0 N–H and O–H groups in total. The number of nitrogens with zero attached hydrogens (tertiary/aromatic N) is 2. The van der Waals surface area contributed by atoms with Crippen LogP contribution in [0, 0.1) is 9.39 Å². The third kappa shape index (κ3) is 3.12. The van der Waals surface area contributed by atoms with Crippen molar-refractivity contribution in [1.82, 2.24) is 4.90 Å². The van der Waals surface area contributed by atoms with Gasteiger partial charge < -0.3 is 14.4 Å². The van der Waals surface area contributed by atoms with Crippen LogP contribution in [0.2, 0.25) is 0 Å². The van der Waals surface area contributed by atoms with Crippen molar-refractivity contribution in [2.75, 3.05) is 13.2 Å². The number of amidine groups is 1. The predicted molar refractivity (Wildman–Crippen MR) is 94.4 cm³/mol.